The molecule has 1 aliphatic carbocycles. The molecule has 2 aliphatic rings. The monoisotopic (exact) mass is 302 g/mol. The molecule has 0 aromatic rings. The molecular formula is C13H22N2O4S. The van der Waals surface area contributed by atoms with E-state index in [1.165, 1.54) is 6.26 Å². The number of carbonyl (C=O) groups excluding carboxylic acids is 2. The highest BCUT2D eigenvalue weighted by Crippen LogP contribution is 2.39. The Labute approximate surface area is 119 Å². The predicted molar refractivity (Wildman–Crippen MR) is 74.9 cm³/mol. The van der Waals surface area contributed by atoms with Gasteiger partial charge in [-0.25, -0.2) is 13.2 Å². The van der Waals surface area contributed by atoms with Crippen molar-refractivity contribution in [1.82, 2.24) is 10.2 Å². The van der Waals surface area contributed by atoms with Crippen molar-refractivity contribution in [3.05, 3.63) is 0 Å². The summed E-state index contributed by atoms with van der Waals surface area (Å²) < 4.78 is 22.4. The van der Waals surface area contributed by atoms with E-state index in [0.29, 0.717) is 31.7 Å². The first-order chi connectivity index (χ1) is 9.24. The maximum absolute atomic E-state index is 12.1. The molecule has 0 aromatic carbocycles. The lowest BCUT2D eigenvalue weighted by atomic mass is 9.76. The Balaban J connectivity index is 2.08. The molecule has 20 heavy (non-hydrogen) atoms. The minimum Gasteiger partial charge on any atom is -0.310 e. The fourth-order valence-corrected chi connectivity index (χ4v) is 3.79. The van der Waals surface area contributed by atoms with E-state index in [9.17, 15) is 18.0 Å². The van der Waals surface area contributed by atoms with Gasteiger partial charge in [0.15, 0.2) is 0 Å². The first-order valence-corrected chi connectivity index (χ1v) is 9.11. The zero-order chi connectivity index (χ0) is 15.0. The second kappa shape index (κ2) is 5.35. The van der Waals surface area contributed by atoms with E-state index in [1.54, 1.807) is 4.90 Å². The average Bonchev–Trinajstić information content (AvgIpc) is 2.55. The molecule has 1 saturated heterocycles. The summed E-state index contributed by atoms with van der Waals surface area (Å²) in [6, 6.07) is -0.377. The van der Waals surface area contributed by atoms with Crippen molar-refractivity contribution in [2.75, 3.05) is 18.6 Å². The van der Waals surface area contributed by atoms with Gasteiger partial charge >= 0.3 is 6.03 Å². The van der Waals surface area contributed by atoms with Crippen molar-refractivity contribution in [1.29, 1.82) is 0 Å². The van der Waals surface area contributed by atoms with Gasteiger partial charge in [0.2, 0.25) is 0 Å². The van der Waals surface area contributed by atoms with Gasteiger partial charge in [0.05, 0.1) is 5.75 Å². The van der Waals surface area contributed by atoms with Gasteiger partial charge < -0.3 is 4.90 Å². The lowest BCUT2D eigenvalue weighted by molar-refractivity contribution is -0.128. The summed E-state index contributed by atoms with van der Waals surface area (Å²) in [6.45, 7) is 2.47. The van der Waals surface area contributed by atoms with Gasteiger partial charge in [-0.2, -0.15) is 0 Å². The smallest absolute Gasteiger partial charge is 0.310 e. The molecule has 0 unspecified atom stereocenters. The Morgan fingerprint density at radius 3 is 2.45 bits per heavy atom. The first kappa shape index (κ1) is 15.3. The molecule has 2 fully saturated rings. The van der Waals surface area contributed by atoms with Crippen LogP contribution in [0.5, 0.6) is 0 Å². The number of hydrogen-bond donors (Lipinski definition) is 1. The Morgan fingerprint density at radius 1 is 1.30 bits per heavy atom. The molecule has 0 bridgehead atoms. The lowest BCUT2D eigenvalue weighted by Gasteiger charge is -2.40. The van der Waals surface area contributed by atoms with Crippen molar-refractivity contribution in [3.8, 4) is 0 Å². The fourth-order valence-electron chi connectivity index (χ4n) is 3.13. The molecule has 7 heteroatoms. The largest absolute Gasteiger partial charge is 0.325 e. The highest BCUT2D eigenvalue weighted by atomic mass is 32.2. The van der Waals surface area contributed by atoms with Crippen LogP contribution >= 0.6 is 0 Å². The third-order valence-corrected chi connectivity index (χ3v) is 5.43. The van der Waals surface area contributed by atoms with Crippen LogP contribution in [0.4, 0.5) is 4.79 Å². The van der Waals surface area contributed by atoms with Gasteiger partial charge in [0, 0.05) is 12.8 Å². The highest BCUT2D eigenvalue weighted by Gasteiger charge is 2.53. The van der Waals surface area contributed by atoms with Crippen LogP contribution in [0, 0.1) is 5.92 Å². The number of sulfone groups is 1. The predicted octanol–water partition coefficient (Wildman–Crippen LogP) is 0.922. The Kier molecular flexibility index (Phi) is 4.09. The highest BCUT2D eigenvalue weighted by molar-refractivity contribution is 7.90. The lowest BCUT2D eigenvalue weighted by Crippen LogP contribution is -2.52. The average molecular weight is 302 g/mol. The molecule has 2 rings (SSSR count). The number of hydrogen-bond acceptors (Lipinski definition) is 4. The number of carbonyl (C=O) groups is 2. The van der Waals surface area contributed by atoms with Crippen molar-refractivity contribution in [2.24, 2.45) is 5.92 Å². The van der Waals surface area contributed by atoms with Crippen LogP contribution in [0.2, 0.25) is 0 Å². The Morgan fingerprint density at radius 2 is 1.90 bits per heavy atom. The quantitative estimate of drug-likeness (QED) is 0.783. The number of imide groups is 1. The summed E-state index contributed by atoms with van der Waals surface area (Å²) in [6.07, 6.45) is 4.74. The van der Waals surface area contributed by atoms with Gasteiger partial charge in [-0.15, -0.1) is 0 Å². The number of amides is 3. The summed E-state index contributed by atoms with van der Waals surface area (Å²) >= 11 is 0. The van der Waals surface area contributed by atoms with Crippen molar-refractivity contribution < 1.29 is 18.0 Å². The molecule has 1 N–H and O–H groups in total. The van der Waals surface area contributed by atoms with E-state index in [2.05, 4.69) is 12.2 Å². The molecule has 1 aliphatic heterocycles. The molecule has 6 nitrogen and oxygen atoms in total. The third kappa shape index (κ3) is 2.97. The molecular weight excluding hydrogens is 280 g/mol. The minimum atomic E-state index is -3.04. The molecule has 1 saturated carbocycles. The van der Waals surface area contributed by atoms with Crippen molar-refractivity contribution >= 4 is 21.8 Å². The van der Waals surface area contributed by atoms with E-state index < -0.39 is 15.4 Å². The van der Waals surface area contributed by atoms with Crippen LogP contribution in [-0.4, -0.2) is 49.3 Å². The first-order valence-electron chi connectivity index (χ1n) is 7.05. The van der Waals surface area contributed by atoms with Crippen LogP contribution < -0.4 is 5.32 Å². The molecule has 3 amide bonds. The van der Waals surface area contributed by atoms with Crippen LogP contribution in [0.15, 0.2) is 0 Å². The van der Waals surface area contributed by atoms with E-state index in [1.807, 2.05) is 0 Å². The summed E-state index contributed by atoms with van der Waals surface area (Å²) in [5.41, 5.74) is -0.735. The number of nitrogens with zero attached hydrogens (tertiary/aromatic N) is 1. The second-order valence-corrected chi connectivity index (χ2v) is 8.37. The van der Waals surface area contributed by atoms with Gasteiger partial charge in [-0.1, -0.05) is 6.92 Å². The summed E-state index contributed by atoms with van der Waals surface area (Å²) in [5, 5.41) is 2.39. The van der Waals surface area contributed by atoms with Crippen molar-refractivity contribution in [3.63, 3.8) is 0 Å². The summed E-state index contributed by atoms with van der Waals surface area (Å²) in [4.78, 5) is 25.6. The van der Waals surface area contributed by atoms with E-state index in [-0.39, 0.29) is 17.7 Å². The molecule has 1 heterocycles. The standard InChI is InChI=1S/C13H22N2O4S/c1-10-4-6-13(7-5-10)11(16)14-12(17)15(13)8-3-9-20(2,18)19/h10H,3-9H2,1-2H3,(H,14,16,17). The van der Waals surface area contributed by atoms with Gasteiger partial charge in [-0.3, -0.25) is 10.1 Å². The number of urea groups is 1. The zero-order valence-corrected chi connectivity index (χ0v) is 12.8. The van der Waals surface area contributed by atoms with Crippen LogP contribution in [-0.2, 0) is 14.6 Å². The van der Waals surface area contributed by atoms with Gasteiger partial charge in [-0.05, 0) is 38.0 Å². The SMILES string of the molecule is CC1CCC2(CC1)C(=O)NC(=O)N2CCCS(C)(=O)=O. The third-order valence-electron chi connectivity index (χ3n) is 4.40. The number of rotatable bonds is 4. The summed E-state index contributed by atoms with van der Waals surface area (Å²) in [7, 11) is -3.04. The summed E-state index contributed by atoms with van der Waals surface area (Å²) in [5.74, 6) is 0.396. The fraction of sp³-hybridized carbons (Fsp3) is 0.846. The topological polar surface area (TPSA) is 83.6 Å². The van der Waals surface area contributed by atoms with Gasteiger partial charge in [0.25, 0.3) is 5.91 Å². The van der Waals surface area contributed by atoms with Gasteiger partial charge in [0.1, 0.15) is 15.4 Å². The van der Waals surface area contributed by atoms with E-state index in [0.717, 1.165) is 12.8 Å². The van der Waals surface area contributed by atoms with Crippen molar-refractivity contribution in [2.45, 2.75) is 44.6 Å². The van der Waals surface area contributed by atoms with E-state index in [4.69, 9.17) is 0 Å². The Hall–Kier alpha value is -1.11. The maximum atomic E-state index is 12.1. The molecule has 0 radical (unpaired) electrons. The van der Waals surface area contributed by atoms with Crippen LogP contribution in [0.3, 0.4) is 0 Å². The number of nitrogens with one attached hydrogen (secondary N) is 1. The Bertz CT molecular complexity index is 506. The second-order valence-electron chi connectivity index (χ2n) is 6.11. The molecule has 1 spiro atoms. The molecule has 0 atom stereocenters. The zero-order valence-electron chi connectivity index (χ0n) is 12.0. The van der Waals surface area contributed by atoms with Crippen LogP contribution in [0.1, 0.15) is 39.0 Å². The molecule has 0 aromatic heterocycles. The minimum absolute atomic E-state index is 0.0391. The maximum Gasteiger partial charge on any atom is 0.325 e. The molecule has 114 valence electrons. The van der Waals surface area contributed by atoms with Crippen LogP contribution in [0.25, 0.3) is 0 Å². The van der Waals surface area contributed by atoms with E-state index >= 15 is 0 Å². The normalized spacial score (nSPS) is 30.9.